The van der Waals surface area contributed by atoms with Gasteiger partial charge in [0.1, 0.15) is 0 Å². The van der Waals surface area contributed by atoms with Crippen LogP contribution in [0.5, 0.6) is 0 Å². The fourth-order valence-corrected chi connectivity index (χ4v) is 3.07. The summed E-state index contributed by atoms with van der Waals surface area (Å²) < 4.78 is 5.39. The zero-order valence-corrected chi connectivity index (χ0v) is 19.5. The number of nitrogens with one attached hydrogen (secondary N) is 2. The van der Waals surface area contributed by atoms with Gasteiger partial charge < -0.3 is 15.2 Å². The Morgan fingerprint density at radius 3 is 2.03 bits per heavy atom. The first-order valence-electron chi connectivity index (χ1n) is 9.67. The van der Waals surface area contributed by atoms with E-state index in [-0.39, 0.29) is 29.9 Å². The summed E-state index contributed by atoms with van der Waals surface area (Å²) in [7, 11) is 1.77. The molecule has 1 heterocycles. The Morgan fingerprint density at radius 1 is 0.966 bits per heavy atom. The number of nitrogens with zero attached hydrogens (tertiary/aromatic N) is 2. The highest BCUT2D eigenvalue weighted by atomic mass is 127. The molecule has 29 heavy (non-hydrogen) atoms. The molecule has 0 aliphatic carbocycles. The number of aliphatic imine (C=N–C) groups is 1. The van der Waals surface area contributed by atoms with E-state index in [9.17, 15) is 0 Å². The number of guanidine groups is 1. The quantitative estimate of drug-likeness (QED) is 0.273. The molecule has 3 rings (SSSR count). The van der Waals surface area contributed by atoms with Gasteiger partial charge in [0.05, 0.1) is 12.2 Å². The number of aromatic nitrogens is 1. The molecule has 0 radical (unpaired) electrons. The van der Waals surface area contributed by atoms with Crippen LogP contribution in [-0.2, 0) is 6.54 Å². The Hall–Kier alpha value is -2.35. The van der Waals surface area contributed by atoms with Crippen LogP contribution in [0, 0.1) is 0 Å². The second-order valence-corrected chi connectivity index (χ2v) is 7.05. The molecule has 0 bridgehead atoms. The summed E-state index contributed by atoms with van der Waals surface area (Å²) in [5.41, 5.74) is 3.51. The van der Waals surface area contributed by atoms with Crippen LogP contribution in [0.2, 0.25) is 0 Å². The predicted molar refractivity (Wildman–Crippen MR) is 129 cm³/mol. The van der Waals surface area contributed by atoms with Gasteiger partial charge in [0.15, 0.2) is 11.7 Å². The minimum atomic E-state index is 0. The molecule has 6 heteroatoms. The Bertz CT molecular complexity index is 839. The van der Waals surface area contributed by atoms with E-state index >= 15 is 0 Å². The Morgan fingerprint density at radius 2 is 1.55 bits per heavy atom. The molecular weight excluding hydrogens is 475 g/mol. The van der Waals surface area contributed by atoms with Crippen molar-refractivity contribution in [2.45, 2.75) is 32.2 Å². The van der Waals surface area contributed by atoms with Crippen molar-refractivity contribution in [1.29, 1.82) is 0 Å². The van der Waals surface area contributed by atoms with Crippen LogP contribution in [0.25, 0.3) is 0 Å². The van der Waals surface area contributed by atoms with Gasteiger partial charge >= 0.3 is 0 Å². The molecule has 0 spiro atoms. The van der Waals surface area contributed by atoms with Gasteiger partial charge in [0.25, 0.3) is 0 Å². The molecule has 2 aromatic carbocycles. The maximum atomic E-state index is 5.39. The third-order valence-corrected chi connectivity index (χ3v) is 4.70. The van der Waals surface area contributed by atoms with Crippen LogP contribution >= 0.6 is 24.0 Å². The predicted octanol–water partition coefficient (Wildman–Crippen LogP) is 4.91. The fourth-order valence-electron chi connectivity index (χ4n) is 3.07. The number of rotatable bonds is 7. The van der Waals surface area contributed by atoms with Crippen molar-refractivity contribution in [3.8, 4) is 0 Å². The second kappa shape index (κ2) is 11.6. The lowest BCUT2D eigenvalue weighted by Crippen LogP contribution is -2.39. The number of benzene rings is 2. The normalized spacial score (nSPS) is 11.4. The minimum absolute atomic E-state index is 0. The van der Waals surface area contributed by atoms with Gasteiger partial charge in [-0.2, -0.15) is 0 Å². The van der Waals surface area contributed by atoms with Gasteiger partial charge in [-0.25, -0.2) is 0 Å². The van der Waals surface area contributed by atoms with Crippen molar-refractivity contribution in [3.05, 3.63) is 89.3 Å². The molecular formula is C23H29IN4O. The maximum Gasteiger partial charge on any atom is 0.191 e. The maximum absolute atomic E-state index is 5.39. The van der Waals surface area contributed by atoms with Crippen molar-refractivity contribution >= 4 is 29.9 Å². The second-order valence-electron chi connectivity index (χ2n) is 7.05. The van der Waals surface area contributed by atoms with Gasteiger partial charge in [-0.1, -0.05) is 79.7 Å². The summed E-state index contributed by atoms with van der Waals surface area (Å²) in [5.74, 6) is 2.12. The number of hydrogen-bond donors (Lipinski definition) is 2. The smallest absolute Gasteiger partial charge is 0.191 e. The molecule has 2 N–H and O–H groups in total. The molecule has 0 unspecified atom stereocenters. The molecule has 154 valence electrons. The van der Waals surface area contributed by atoms with Crippen molar-refractivity contribution in [3.63, 3.8) is 0 Å². The van der Waals surface area contributed by atoms with Gasteiger partial charge in [0.2, 0.25) is 0 Å². The molecule has 1 aromatic heterocycles. The topological polar surface area (TPSA) is 62.5 Å². The summed E-state index contributed by atoms with van der Waals surface area (Å²) in [6.07, 6.45) is 0. The molecule has 0 fully saturated rings. The van der Waals surface area contributed by atoms with Crippen LogP contribution in [0.15, 0.2) is 76.2 Å². The summed E-state index contributed by atoms with van der Waals surface area (Å²) >= 11 is 0. The summed E-state index contributed by atoms with van der Waals surface area (Å²) in [6.45, 7) is 5.48. The van der Waals surface area contributed by atoms with Crippen LogP contribution in [0.3, 0.4) is 0 Å². The summed E-state index contributed by atoms with van der Waals surface area (Å²) in [6, 6.07) is 23.0. The van der Waals surface area contributed by atoms with E-state index in [1.165, 1.54) is 11.1 Å². The van der Waals surface area contributed by atoms with Crippen LogP contribution in [-0.4, -0.2) is 24.7 Å². The highest BCUT2D eigenvalue weighted by Gasteiger charge is 2.15. The third kappa shape index (κ3) is 6.59. The van der Waals surface area contributed by atoms with Gasteiger partial charge in [-0.15, -0.1) is 24.0 Å². The summed E-state index contributed by atoms with van der Waals surface area (Å²) in [5, 5.41) is 10.8. The first-order valence-corrected chi connectivity index (χ1v) is 9.67. The van der Waals surface area contributed by atoms with Crippen LogP contribution < -0.4 is 10.6 Å². The van der Waals surface area contributed by atoms with Gasteiger partial charge in [-0.3, -0.25) is 4.99 Å². The molecule has 0 amide bonds. The highest BCUT2D eigenvalue weighted by molar-refractivity contribution is 14.0. The highest BCUT2D eigenvalue weighted by Crippen LogP contribution is 2.23. The Labute approximate surface area is 190 Å². The van der Waals surface area contributed by atoms with Crippen molar-refractivity contribution in [2.75, 3.05) is 13.6 Å². The average molecular weight is 504 g/mol. The zero-order chi connectivity index (χ0) is 19.8. The lowest BCUT2D eigenvalue weighted by atomic mass is 9.91. The lowest BCUT2D eigenvalue weighted by molar-refractivity contribution is 0.372. The van der Waals surface area contributed by atoms with E-state index in [1.807, 2.05) is 18.2 Å². The molecule has 0 saturated carbocycles. The number of halogens is 1. The van der Waals surface area contributed by atoms with E-state index in [2.05, 4.69) is 83.2 Å². The zero-order valence-electron chi connectivity index (χ0n) is 17.1. The monoisotopic (exact) mass is 504 g/mol. The standard InChI is InChI=1S/C23H28N4O.HI/c1-17(2)22-14-20(28-27-22)15-25-23(24-3)26-16-21(18-10-6-4-7-11-18)19-12-8-5-9-13-19;/h4-14,17,21H,15-16H2,1-3H3,(H2,24,25,26);1H. The minimum Gasteiger partial charge on any atom is -0.359 e. The van der Waals surface area contributed by atoms with Crippen molar-refractivity contribution in [1.82, 2.24) is 15.8 Å². The van der Waals surface area contributed by atoms with Gasteiger partial charge in [0, 0.05) is 25.6 Å². The summed E-state index contributed by atoms with van der Waals surface area (Å²) in [4.78, 5) is 4.34. The molecule has 0 atom stereocenters. The first kappa shape index (κ1) is 22.9. The first-order chi connectivity index (χ1) is 13.7. The molecule has 0 aliphatic heterocycles. The number of hydrogen-bond acceptors (Lipinski definition) is 3. The van der Waals surface area contributed by atoms with Crippen molar-refractivity contribution in [2.24, 2.45) is 4.99 Å². The van der Waals surface area contributed by atoms with Gasteiger partial charge in [-0.05, 0) is 17.0 Å². The molecule has 5 nitrogen and oxygen atoms in total. The molecule has 0 aliphatic rings. The molecule has 3 aromatic rings. The average Bonchev–Trinajstić information content (AvgIpc) is 3.21. The van der Waals surface area contributed by atoms with E-state index < -0.39 is 0 Å². The van der Waals surface area contributed by atoms with E-state index in [0.717, 1.165) is 24.0 Å². The van der Waals surface area contributed by atoms with Crippen LogP contribution in [0.4, 0.5) is 0 Å². The molecule has 0 saturated heterocycles. The van der Waals surface area contributed by atoms with Crippen LogP contribution in [0.1, 0.15) is 48.3 Å². The van der Waals surface area contributed by atoms with Crippen molar-refractivity contribution < 1.29 is 4.52 Å². The van der Waals surface area contributed by atoms with E-state index in [1.54, 1.807) is 7.05 Å². The fraction of sp³-hybridized carbons (Fsp3) is 0.304. The lowest BCUT2D eigenvalue weighted by Gasteiger charge is -2.20. The largest absolute Gasteiger partial charge is 0.359 e. The van der Waals surface area contributed by atoms with E-state index in [4.69, 9.17) is 4.52 Å². The SMILES string of the molecule is CN=C(NCc1cc(C(C)C)no1)NCC(c1ccccc1)c1ccccc1.I. The third-order valence-electron chi connectivity index (χ3n) is 4.70. The Kier molecular flexibility index (Phi) is 9.18. The van der Waals surface area contributed by atoms with E-state index in [0.29, 0.717) is 12.5 Å². The Balaban J connectivity index is 0.00000300.